The molecule has 4 nitrogen and oxygen atoms in total. The largest absolute Gasteiger partial charge is 0.375 e. The van der Waals surface area contributed by atoms with E-state index in [1.165, 1.54) is 11.1 Å². The van der Waals surface area contributed by atoms with Gasteiger partial charge in [0.1, 0.15) is 11.1 Å². The number of thiazole rings is 1. The summed E-state index contributed by atoms with van der Waals surface area (Å²) in [4.78, 5) is 11.7. The Morgan fingerprint density at radius 1 is 1.21 bits per heavy atom. The molecule has 0 bridgehead atoms. The van der Waals surface area contributed by atoms with Crippen LogP contribution in [0.5, 0.6) is 0 Å². The van der Waals surface area contributed by atoms with Gasteiger partial charge in [-0.15, -0.1) is 11.3 Å². The van der Waals surface area contributed by atoms with E-state index in [0.717, 1.165) is 34.9 Å². The van der Waals surface area contributed by atoms with Crippen LogP contribution in [0.3, 0.4) is 0 Å². The van der Waals surface area contributed by atoms with Crippen molar-refractivity contribution >= 4 is 27.9 Å². The Bertz CT molecular complexity index is 830. The van der Waals surface area contributed by atoms with Crippen molar-refractivity contribution in [3.63, 3.8) is 0 Å². The van der Waals surface area contributed by atoms with Crippen molar-refractivity contribution in [2.75, 3.05) is 19.1 Å². The SMILES string of the molecule is CCc1cc(N(C)Cc2csc(C(C)OC)n2)c2ccccc2n1. The number of fused-ring (bicyclic) bond motifs is 1. The highest BCUT2D eigenvalue weighted by atomic mass is 32.1. The molecule has 0 N–H and O–H groups in total. The van der Waals surface area contributed by atoms with Gasteiger partial charge in [-0.2, -0.15) is 0 Å². The Hall–Kier alpha value is -1.98. The normalized spacial score (nSPS) is 12.5. The number of hydrogen-bond donors (Lipinski definition) is 0. The zero-order valence-electron chi connectivity index (χ0n) is 14.6. The fourth-order valence-corrected chi connectivity index (χ4v) is 3.56. The Kier molecular flexibility index (Phi) is 5.11. The zero-order valence-corrected chi connectivity index (χ0v) is 15.4. The maximum atomic E-state index is 5.35. The molecule has 0 amide bonds. The van der Waals surface area contributed by atoms with Crippen LogP contribution in [0, 0.1) is 0 Å². The smallest absolute Gasteiger partial charge is 0.122 e. The third kappa shape index (κ3) is 3.42. The summed E-state index contributed by atoms with van der Waals surface area (Å²) in [7, 11) is 3.83. The molecule has 3 aromatic rings. The standard InChI is InChI=1S/C19H23N3OS/c1-5-14-10-18(16-8-6-7-9-17(16)20-14)22(3)11-15-12-24-19(21-15)13(2)23-4/h6-10,12-13H,5,11H2,1-4H3. The quantitative estimate of drug-likeness (QED) is 0.657. The number of anilines is 1. The molecule has 0 saturated carbocycles. The molecule has 2 aromatic heterocycles. The Morgan fingerprint density at radius 2 is 2.00 bits per heavy atom. The van der Waals surface area contributed by atoms with Crippen molar-refractivity contribution in [3.8, 4) is 0 Å². The first-order chi connectivity index (χ1) is 11.6. The van der Waals surface area contributed by atoms with Crippen molar-refractivity contribution in [1.29, 1.82) is 0 Å². The maximum Gasteiger partial charge on any atom is 0.122 e. The molecule has 2 heterocycles. The van der Waals surface area contributed by atoms with Crippen LogP contribution in [0.25, 0.3) is 10.9 Å². The lowest BCUT2D eigenvalue weighted by Crippen LogP contribution is -2.17. The second-order valence-electron chi connectivity index (χ2n) is 5.91. The Morgan fingerprint density at radius 3 is 2.75 bits per heavy atom. The van der Waals surface area contributed by atoms with Crippen LogP contribution in [0.2, 0.25) is 0 Å². The topological polar surface area (TPSA) is 38.2 Å². The van der Waals surface area contributed by atoms with E-state index in [9.17, 15) is 0 Å². The van der Waals surface area contributed by atoms with E-state index >= 15 is 0 Å². The first kappa shape index (κ1) is 16.9. The highest BCUT2D eigenvalue weighted by Crippen LogP contribution is 2.28. The van der Waals surface area contributed by atoms with Crippen LogP contribution < -0.4 is 4.90 Å². The first-order valence-electron chi connectivity index (χ1n) is 8.19. The number of aromatic nitrogens is 2. The average molecular weight is 341 g/mol. The summed E-state index contributed by atoms with van der Waals surface area (Å²) in [6.45, 7) is 4.93. The number of para-hydroxylation sites is 1. The molecule has 0 radical (unpaired) electrons. The molecule has 1 unspecified atom stereocenters. The van der Waals surface area contributed by atoms with Gasteiger partial charge in [0.15, 0.2) is 0 Å². The minimum Gasteiger partial charge on any atom is -0.375 e. The van der Waals surface area contributed by atoms with E-state index in [1.807, 2.05) is 13.0 Å². The van der Waals surface area contributed by atoms with Crippen molar-refractivity contribution in [2.45, 2.75) is 32.9 Å². The van der Waals surface area contributed by atoms with Gasteiger partial charge in [0.2, 0.25) is 0 Å². The van der Waals surface area contributed by atoms with Crippen LogP contribution >= 0.6 is 11.3 Å². The molecule has 0 aliphatic carbocycles. The minimum atomic E-state index is 0.0440. The lowest BCUT2D eigenvalue weighted by Gasteiger charge is -2.21. The van der Waals surface area contributed by atoms with Gasteiger partial charge in [-0.25, -0.2) is 4.98 Å². The molecule has 3 rings (SSSR count). The van der Waals surface area contributed by atoms with E-state index in [2.05, 4.69) is 48.5 Å². The summed E-state index contributed by atoms with van der Waals surface area (Å²) in [6.07, 6.45) is 0.972. The number of hydrogen-bond acceptors (Lipinski definition) is 5. The molecule has 0 fully saturated rings. The van der Waals surface area contributed by atoms with E-state index in [4.69, 9.17) is 14.7 Å². The Labute approximate surface area is 147 Å². The van der Waals surface area contributed by atoms with Gasteiger partial charge in [-0.05, 0) is 25.5 Å². The maximum absolute atomic E-state index is 5.35. The molecule has 0 spiro atoms. The van der Waals surface area contributed by atoms with E-state index in [0.29, 0.717) is 0 Å². The average Bonchev–Trinajstić information content (AvgIpc) is 3.08. The van der Waals surface area contributed by atoms with E-state index < -0.39 is 0 Å². The fraction of sp³-hybridized carbons (Fsp3) is 0.368. The van der Waals surface area contributed by atoms with Crippen molar-refractivity contribution < 1.29 is 4.74 Å². The number of aryl methyl sites for hydroxylation is 1. The van der Waals surface area contributed by atoms with Gasteiger partial charge in [-0.1, -0.05) is 25.1 Å². The summed E-state index contributed by atoms with van der Waals surface area (Å²) in [5.41, 5.74) is 4.43. The van der Waals surface area contributed by atoms with Gasteiger partial charge in [0.05, 0.1) is 17.8 Å². The molecule has 24 heavy (non-hydrogen) atoms. The summed E-state index contributed by atoms with van der Waals surface area (Å²) in [5, 5.41) is 4.32. The summed E-state index contributed by atoms with van der Waals surface area (Å²) >= 11 is 1.66. The molecule has 1 atom stereocenters. The van der Waals surface area contributed by atoms with E-state index in [-0.39, 0.29) is 6.10 Å². The Balaban J connectivity index is 1.90. The molecular formula is C19H23N3OS. The third-order valence-electron chi connectivity index (χ3n) is 4.19. The summed E-state index contributed by atoms with van der Waals surface area (Å²) < 4.78 is 5.35. The first-order valence-corrected chi connectivity index (χ1v) is 9.07. The molecule has 5 heteroatoms. The number of ether oxygens (including phenoxy) is 1. The van der Waals surface area contributed by atoms with Crippen molar-refractivity contribution in [3.05, 3.63) is 52.1 Å². The van der Waals surface area contributed by atoms with Gasteiger partial charge in [-0.3, -0.25) is 4.98 Å². The number of methoxy groups -OCH3 is 1. The lowest BCUT2D eigenvalue weighted by atomic mass is 10.1. The number of pyridine rings is 1. The third-order valence-corrected chi connectivity index (χ3v) is 5.25. The summed E-state index contributed by atoms with van der Waals surface area (Å²) in [5.74, 6) is 0. The molecule has 0 aliphatic heterocycles. The predicted octanol–water partition coefficient (Wildman–Crippen LogP) is 4.60. The molecule has 0 saturated heterocycles. The fourth-order valence-electron chi connectivity index (χ4n) is 2.72. The van der Waals surface area contributed by atoms with Crippen LogP contribution in [-0.4, -0.2) is 24.1 Å². The molecule has 126 valence electrons. The molecular weight excluding hydrogens is 318 g/mol. The van der Waals surface area contributed by atoms with Gasteiger partial charge >= 0.3 is 0 Å². The predicted molar refractivity (Wildman–Crippen MR) is 101 cm³/mol. The van der Waals surface area contributed by atoms with Crippen LogP contribution in [0.4, 0.5) is 5.69 Å². The lowest BCUT2D eigenvalue weighted by molar-refractivity contribution is 0.119. The van der Waals surface area contributed by atoms with Crippen molar-refractivity contribution in [2.24, 2.45) is 0 Å². The molecule has 0 aliphatic rings. The monoisotopic (exact) mass is 341 g/mol. The van der Waals surface area contributed by atoms with Gasteiger partial charge < -0.3 is 9.64 Å². The van der Waals surface area contributed by atoms with Gasteiger partial charge in [0, 0.05) is 36.3 Å². The van der Waals surface area contributed by atoms with Crippen LogP contribution in [0.15, 0.2) is 35.7 Å². The number of rotatable bonds is 6. The highest BCUT2D eigenvalue weighted by Gasteiger charge is 2.13. The second kappa shape index (κ2) is 7.28. The van der Waals surface area contributed by atoms with E-state index in [1.54, 1.807) is 18.4 Å². The molecule has 1 aromatic carbocycles. The summed E-state index contributed by atoms with van der Waals surface area (Å²) in [6, 6.07) is 10.5. The van der Waals surface area contributed by atoms with Crippen LogP contribution in [0.1, 0.15) is 36.3 Å². The highest BCUT2D eigenvalue weighted by molar-refractivity contribution is 7.09. The second-order valence-corrected chi connectivity index (χ2v) is 6.80. The van der Waals surface area contributed by atoms with Crippen molar-refractivity contribution in [1.82, 2.24) is 9.97 Å². The van der Waals surface area contributed by atoms with Crippen LogP contribution in [-0.2, 0) is 17.7 Å². The minimum absolute atomic E-state index is 0.0440. The van der Waals surface area contributed by atoms with Gasteiger partial charge in [0.25, 0.3) is 0 Å². The zero-order chi connectivity index (χ0) is 17.1. The number of benzene rings is 1. The number of nitrogens with zero attached hydrogens (tertiary/aromatic N) is 3.